The molecular formula is C19H31IN4OS. The lowest BCUT2D eigenvalue weighted by Gasteiger charge is -2.18. The molecule has 2 aliphatic rings. The summed E-state index contributed by atoms with van der Waals surface area (Å²) in [7, 11) is 1.83. The fourth-order valence-corrected chi connectivity index (χ4v) is 4.46. The van der Waals surface area contributed by atoms with Crippen molar-refractivity contribution in [3.63, 3.8) is 0 Å². The number of ether oxygens (including phenoxy) is 1. The first-order chi connectivity index (χ1) is 12.3. The van der Waals surface area contributed by atoms with Gasteiger partial charge in [-0.3, -0.25) is 4.99 Å². The van der Waals surface area contributed by atoms with Crippen molar-refractivity contribution >= 4 is 41.7 Å². The van der Waals surface area contributed by atoms with E-state index in [1.54, 1.807) is 0 Å². The van der Waals surface area contributed by atoms with Crippen molar-refractivity contribution in [3.8, 4) is 5.88 Å². The van der Waals surface area contributed by atoms with Gasteiger partial charge in [0.2, 0.25) is 5.88 Å². The maximum absolute atomic E-state index is 5.99. The average molecular weight is 490 g/mol. The lowest BCUT2D eigenvalue weighted by atomic mass is 10.2. The van der Waals surface area contributed by atoms with Crippen LogP contribution in [0.2, 0.25) is 0 Å². The number of nitrogens with zero attached hydrogens (tertiary/aromatic N) is 2. The molecule has 7 heteroatoms. The summed E-state index contributed by atoms with van der Waals surface area (Å²) in [6, 6.07) is 4.60. The summed E-state index contributed by atoms with van der Waals surface area (Å²) >= 11 is 1.97. The topological polar surface area (TPSA) is 58.5 Å². The monoisotopic (exact) mass is 490 g/mol. The van der Waals surface area contributed by atoms with E-state index in [0.29, 0.717) is 12.1 Å². The summed E-state index contributed by atoms with van der Waals surface area (Å²) in [6.07, 6.45) is 13.0. The summed E-state index contributed by atoms with van der Waals surface area (Å²) in [5.74, 6) is 1.62. The molecular weight excluding hydrogens is 459 g/mol. The third kappa shape index (κ3) is 6.48. The highest BCUT2D eigenvalue weighted by Gasteiger charge is 2.24. The van der Waals surface area contributed by atoms with Gasteiger partial charge in [0.25, 0.3) is 0 Å². The van der Waals surface area contributed by atoms with Crippen molar-refractivity contribution in [1.29, 1.82) is 0 Å². The van der Waals surface area contributed by atoms with Crippen LogP contribution in [-0.2, 0) is 6.54 Å². The second kappa shape index (κ2) is 11.2. The van der Waals surface area contributed by atoms with Gasteiger partial charge in [-0.25, -0.2) is 4.98 Å². The summed E-state index contributed by atoms with van der Waals surface area (Å²) in [4.78, 5) is 8.72. The molecule has 0 amide bonds. The van der Waals surface area contributed by atoms with Gasteiger partial charge in [-0.15, -0.1) is 24.0 Å². The third-order valence-electron chi connectivity index (χ3n) is 5.13. The smallest absolute Gasteiger partial charge is 0.213 e. The van der Waals surface area contributed by atoms with Crippen LogP contribution in [-0.4, -0.2) is 41.6 Å². The lowest BCUT2D eigenvalue weighted by Crippen LogP contribution is -2.42. The molecule has 1 aromatic rings. The number of halogens is 1. The fourth-order valence-electron chi connectivity index (χ4n) is 3.66. The Morgan fingerprint density at radius 1 is 1.31 bits per heavy atom. The van der Waals surface area contributed by atoms with E-state index < -0.39 is 0 Å². The molecule has 1 aromatic heterocycles. The molecule has 0 aliphatic heterocycles. The van der Waals surface area contributed by atoms with Crippen molar-refractivity contribution in [1.82, 2.24) is 15.6 Å². The van der Waals surface area contributed by atoms with Crippen molar-refractivity contribution in [2.75, 3.05) is 13.3 Å². The Balaban J connectivity index is 0.00000243. The van der Waals surface area contributed by atoms with Crippen LogP contribution in [0.15, 0.2) is 23.3 Å². The van der Waals surface area contributed by atoms with Crippen LogP contribution >= 0.6 is 35.7 Å². The highest BCUT2D eigenvalue weighted by Crippen LogP contribution is 2.28. The van der Waals surface area contributed by atoms with E-state index >= 15 is 0 Å². The van der Waals surface area contributed by atoms with E-state index in [1.807, 2.05) is 37.1 Å². The molecule has 26 heavy (non-hydrogen) atoms. The first-order valence-corrected chi connectivity index (χ1v) is 10.7. The van der Waals surface area contributed by atoms with E-state index in [9.17, 15) is 0 Å². The molecule has 2 fully saturated rings. The number of guanidine groups is 1. The van der Waals surface area contributed by atoms with Gasteiger partial charge in [0, 0.05) is 37.1 Å². The molecule has 2 N–H and O–H groups in total. The number of hydrogen-bond donors (Lipinski definition) is 2. The molecule has 0 bridgehead atoms. The standard InChI is InChI=1S/C19H30N4OS.HI/c1-20-19(23-15-7-8-17(12-15)25-2)22-13-14-9-10-21-18(11-14)24-16-5-3-4-6-16;/h9-11,15-17H,3-8,12-13H2,1-2H3,(H2,20,22,23);1H. The average Bonchev–Trinajstić information content (AvgIpc) is 3.30. The number of thioether (sulfide) groups is 1. The molecule has 2 aliphatic carbocycles. The zero-order chi connectivity index (χ0) is 17.5. The first kappa shape index (κ1) is 21.6. The Kier molecular flexibility index (Phi) is 9.31. The molecule has 2 atom stereocenters. The quantitative estimate of drug-likeness (QED) is 0.359. The maximum Gasteiger partial charge on any atom is 0.213 e. The first-order valence-electron chi connectivity index (χ1n) is 9.38. The molecule has 0 radical (unpaired) electrons. The molecule has 2 unspecified atom stereocenters. The largest absolute Gasteiger partial charge is 0.474 e. The van der Waals surface area contributed by atoms with Crippen LogP contribution in [0.5, 0.6) is 5.88 Å². The summed E-state index contributed by atoms with van der Waals surface area (Å²) < 4.78 is 5.99. The Labute approximate surface area is 178 Å². The molecule has 2 saturated carbocycles. The van der Waals surface area contributed by atoms with Gasteiger partial charge in [0.05, 0.1) is 0 Å². The highest BCUT2D eigenvalue weighted by atomic mass is 127. The van der Waals surface area contributed by atoms with E-state index in [4.69, 9.17) is 4.74 Å². The Hall–Kier alpha value is -0.700. The van der Waals surface area contributed by atoms with Gasteiger partial charge >= 0.3 is 0 Å². The van der Waals surface area contributed by atoms with E-state index in [0.717, 1.165) is 36.5 Å². The van der Waals surface area contributed by atoms with Gasteiger partial charge in [-0.2, -0.15) is 11.8 Å². The summed E-state index contributed by atoms with van der Waals surface area (Å²) in [5, 5.41) is 7.75. The predicted octanol–water partition coefficient (Wildman–Crippen LogP) is 3.97. The highest BCUT2D eigenvalue weighted by molar-refractivity contribution is 14.0. The van der Waals surface area contributed by atoms with Crippen molar-refractivity contribution in [3.05, 3.63) is 23.9 Å². The Morgan fingerprint density at radius 2 is 2.12 bits per heavy atom. The number of hydrogen-bond acceptors (Lipinski definition) is 4. The SMILES string of the molecule is CN=C(NCc1ccnc(OC2CCCC2)c1)NC1CCC(SC)C1.I. The summed E-state index contributed by atoms with van der Waals surface area (Å²) in [6.45, 7) is 0.724. The van der Waals surface area contributed by atoms with E-state index in [1.165, 1.54) is 37.7 Å². The van der Waals surface area contributed by atoms with Gasteiger partial charge < -0.3 is 15.4 Å². The number of pyridine rings is 1. The van der Waals surface area contributed by atoms with Crippen LogP contribution in [0, 0.1) is 0 Å². The number of rotatable bonds is 6. The molecule has 1 heterocycles. The zero-order valence-electron chi connectivity index (χ0n) is 15.7. The minimum absolute atomic E-state index is 0. The van der Waals surface area contributed by atoms with Crippen molar-refractivity contribution in [2.45, 2.75) is 68.9 Å². The Morgan fingerprint density at radius 3 is 2.81 bits per heavy atom. The van der Waals surface area contributed by atoms with Crippen LogP contribution in [0.3, 0.4) is 0 Å². The van der Waals surface area contributed by atoms with Gasteiger partial charge in [-0.05, 0) is 62.8 Å². The van der Waals surface area contributed by atoms with Gasteiger partial charge in [0.1, 0.15) is 6.10 Å². The molecule has 0 spiro atoms. The van der Waals surface area contributed by atoms with Crippen LogP contribution in [0.4, 0.5) is 0 Å². The zero-order valence-corrected chi connectivity index (χ0v) is 18.9. The molecule has 0 aromatic carbocycles. The molecule has 0 saturated heterocycles. The van der Waals surface area contributed by atoms with Crippen molar-refractivity contribution in [2.24, 2.45) is 4.99 Å². The number of nitrogens with one attached hydrogen (secondary N) is 2. The normalized spacial score (nSPS) is 23.5. The Bertz CT molecular complexity index is 580. The predicted molar refractivity (Wildman–Crippen MR) is 121 cm³/mol. The molecule has 3 rings (SSSR count). The van der Waals surface area contributed by atoms with E-state index in [-0.39, 0.29) is 24.0 Å². The number of aliphatic imine (C=N–C) groups is 1. The fraction of sp³-hybridized carbons (Fsp3) is 0.684. The van der Waals surface area contributed by atoms with E-state index in [2.05, 4.69) is 26.9 Å². The minimum Gasteiger partial charge on any atom is -0.474 e. The van der Waals surface area contributed by atoms with Crippen LogP contribution < -0.4 is 15.4 Å². The maximum atomic E-state index is 5.99. The van der Waals surface area contributed by atoms with Gasteiger partial charge in [-0.1, -0.05) is 0 Å². The van der Waals surface area contributed by atoms with Crippen LogP contribution in [0.1, 0.15) is 50.5 Å². The van der Waals surface area contributed by atoms with Crippen molar-refractivity contribution < 1.29 is 4.74 Å². The molecule has 146 valence electrons. The summed E-state index contributed by atoms with van der Waals surface area (Å²) in [5.41, 5.74) is 1.17. The minimum atomic E-state index is 0. The second-order valence-electron chi connectivity index (χ2n) is 6.96. The lowest BCUT2D eigenvalue weighted by molar-refractivity contribution is 0.201. The van der Waals surface area contributed by atoms with Crippen LogP contribution in [0.25, 0.3) is 0 Å². The molecule has 5 nitrogen and oxygen atoms in total. The second-order valence-corrected chi connectivity index (χ2v) is 8.10. The van der Waals surface area contributed by atoms with Gasteiger partial charge in [0.15, 0.2) is 5.96 Å². The number of aromatic nitrogens is 1. The third-order valence-corrected chi connectivity index (χ3v) is 6.23.